The molecular formula is C17H35N3. The van der Waals surface area contributed by atoms with Crippen molar-refractivity contribution in [1.82, 2.24) is 9.80 Å². The fourth-order valence-electron chi connectivity index (χ4n) is 3.75. The third-order valence-corrected chi connectivity index (χ3v) is 5.38. The van der Waals surface area contributed by atoms with Crippen LogP contribution in [-0.2, 0) is 0 Å². The zero-order chi connectivity index (χ0) is 14.6. The van der Waals surface area contributed by atoms with Crippen LogP contribution < -0.4 is 5.73 Å². The second-order valence-corrected chi connectivity index (χ2v) is 7.32. The Morgan fingerprint density at radius 1 is 1.25 bits per heavy atom. The molecule has 0 radical (unpaired) electrons. The summed E-state index contributed by atoms with van der Waals surface area (Å²) in [6.07, 6.45) is 8.00. The number of likely N-dealkylation sites (tertiary alicyclic amines) is 1. The smallest absolute Gasteiger partial charge is 0.0347 e. The van der Waals surface area contributed by atoms with E-state index < -0.39 is 0 Å². The molecule has 1 saturated heterocycles. The van der Waals surface area contributed by atoms with Gasteiger partial charge in [-0.25, -0.2) is 0 Å². The minimum Gasteiger partial charge on any atom is -0.329 e. The van der Waals surface area contributed by atoms with Gasteiger partial charge in [-0.15, -0.1) is 0 Å². The van der Waals surface area contributed by atoms with Crippen LogP contribution in [0.5, 0.6) is 0 Å². The standard InChI is InChI=1S/C17H35N3/c1-4-19-11-5-9-17(14-18,10-13-19)20(16-6-7-16)12-8-15(2)3/h15-16H,4-14,18H2,1-3H3. The van der Waals surface area contributed by atoms with Crippen molar-refractivity contribution in [2.24, 2.45) is 11.7 Å². The van der Waals surface area contributed by atoms with Gasteiger partial charge in [-0.05, 0) is 70.6 Å². The van der Waals surface area contributed by atoms with Gasteiger partial charge in [0.2, 0.25) is 0 Å². The van der Waals surface area contributed by atoms with Crippen molar-refractivity contribution in [3.8, 4) is 0 Å². The number of nitrogens with zero attached hydrogens (tertiary/aromatic N) is 2. The monoisotopic (exact) mass is 281 g/mol. The van der Waals surface area contributed by atoms with Gasteiger partial charge in [-0.1, -0.05) is 20.8 Å². The van der Waals surface area contributed by atoms with Crippen molar-refractivity contribution >= 4 is 0 Å². The molecule has 1 unspecified atom stereocenters. The van der Waals surface area contributed by atoms with Crippen molar-refractivity contribution in [2.45, 2.75) is 70.9 Å². The summed E-state index contributed by atoms with van der Waals surface area (Å²) in [5.74, 6) is 0.795. The van der Waals surface area contributed by atoms with Gasteiger partial charge in [0.25, 0.3) is 0 Å². The van der Waals surface area contributed by atoms with E-state index in [1.54, 1.807) is 0 Å². The number of rotatable bonds is 7. The first kappa shape index (κ1) is 16.3. The average molecular weight is 281 g/mol. The molecule has 0 aromatic rings. The third-order valence-electron chi connectivity index (χ3n) is 5.38. The Labute approximate surface area is 125 Å². The van der Waals surface area contributed by atoms with E-state index in [2.05, 4.69) is 30.6 Å². The molecule has 2 N–H and O–H groups in total. The minimum absolute atomic E-state index is 0.292. The maximum atomic E-state index is 6.31. The van der Waals surface area contributed by atoms with Gasteiger partial charge >= 0.3 is 0 Å². The highest BCUT2D eigenvalue weighted by Gasteiger charge is 2.43. The molecule has 0 spiro atoms. The maximum Gasteiger partial charge on any atom is 0.0347 e. The third kappa shape index (κ3) is 3.96. The molecule has 2 rings (SSSR count). The average Bonchev–Trinajstić information content (AvgIpc) is 3.25. The molecule has 1 aliphatic carbocycles. The Morgan fingerprint density at radius 2 is 2.00 bits per heavy atom. The number of nitrogens with two attached hydrogens (primary N) is 1. The Balaban J connectivity index is 2.05. The van der Waals surface area contributed by atoms with Crippen molar-refractivity contribution in [3.05, 3.63) is 0 Å². The van der Waals surface area contributed by atoms with Crippen LogP contribution in [0.3, 0.4) is 0 Å². The Kier molecular flexibility index (Phi) is 5.88. The summed E-state index contributed by atoms with van der Waals surface area (Å²) in [6, 6.07) is 0.838. The summed E-state index contributed by atoms with van der Waals surface area (Å²) in [4.78, 5) is 5.43. The van der Waals surface area contributed by atoms with E-state index in [0.717, 1.165) is 18.5 Å². The molecule has 1 aliphatic heterocycles. The van der Waals surface area contributed by atoms with E-state index in [0.29, 0.717) is 5.54 Å². The zero-order valence-electron chi connectivity index (χ0n) is 13.9. The molecule has 1 heterocycles. The van der Waals surface area contributed by atoms with E-state index in [4.69, 9.17) is 5.73 Å². The summed E-state index contributed by atoms with van der Waals surface area (Å²) in [7, 11) is 0. The number of hydrogen-bond donors (Lipinski definition) is 1. The van der Waals surface area contributed by atoms with Crippen LogP contribution in [-0.4, -0.2) is 54.1 Å². The van der Waals surface area contributed by atoms with E-state index in [-0.39, 0.29) is 0 Å². The SMILES string of the molecule is CCN1CCCC(CN)(N(CCC(C)C)C2CC2)CC1. The molecule has 20 heavy (non-hydrogen) atoms. The lowest BCUT2D eigenvalue weighted by Gasteiger charge is -2.44. The summed E-state index contributed by atoms with van der Waals surface area (Å²) in [5, 5.41) is 0. The normalized spacial score (nSPS) is 29.1. The largest absolute Gasteiger partial charge is 0.329 e. The fraction of sp³-hybridized carbons (Fsp3) is 1.00. The summed E-state index contributed by atoms with van der Waals surface area (Å²) in [6.45, 7) is 12.8. The van der Waals surface area contributed by atoms with E-state index in [1.165, 1.54) is 64.7 Å². The molecule has 0 amide bonds. The van der Waals surface area contributed by atoms with Crippen LogP contribution in [0.4, 0.5) is 0 Å². The molecule has 1 saturated carbocycles. The molecule has 2 aliphatic rings. The van der Waals surface area contributed by atoms with Gasteiger partial charge in [-0.2, -0.15) is 0 Å². The molecule has 3 heteroatoms. The van der Waals surface area contributed by atoms with Crippen LogP contribution in [0.25, 0.3) is 0 Å². The minimum atomic E-state index is 0.292. The quantitative estimate of drug-likeness (QED) is 0.779. The van der Waals surface area contributed by atoms with Crippen LogP contribution in [0, 0.1) is 5.92 Å². The topological polar surface area (TPSA) is 32.5 Å². The van der Waals surface area contributed by atoms with Gasteiger partial charge < -0.3 is 10.6 Å². The summed E-state index contributed by atoms with van der Waals surface area (Å²) < 4.78 is 0. The Hall–Kier alpha value is -0.120. The zero-order valence-corrected chi connectivity index (χ0v) is 13.9. The van der Waals surface area contributed by atoms with Gasteiger partial charge in [0, 0.05) is 18.1 Å². The second-order valence-electron chi connectivity index (χ2n) is 7.32. The molecule has 2 fully saturated rings. The first-order chi connectivity index (χ1) is 9.61. The van der Waals surface area contributed by atoms with Crippen molar-refractivity contribution < 1.29 is 0 Å². The second kappa shape index (κ2) is 7.24. The van der Waals surface area contributed by atoms with Crippen LogP contribution in [0.2, 0.25) is 0 Å². The van der Waals surface area contributed by atoms with Crippen LogP contribution in [0.1, 0.15) is 59.3 Å². The lowest BCUT2D eigenvalue weighted by atomic mass is 9.87. The summed E-state index contributed by atoms with van der Waals surface area (Å²) in [5.41, 5.74) is 6.60. The first-order valence-electron chi connectivity index (χ1n) is 8.80. The molecule has 0 aromatic heterocycles. The van der Waals surface area contributed by atoms with Crippen LogP contribution in [0.15, 0.2) is 0 Å². The maximum absolute atomic E-state index is 6.31. The number of hydrogen-bond acceptors (Lipinski definition) is 3. The highest BCUT2D eigenvalue weighted by atomic mass is 15.3. The van der Waals surface area contributed by atoms with Crippen molar-refractivity contribution in [1.29, 1.82) is 0 Å². The van der Waals surface area contributed by atoms with Gasteiger partial charge in [0.1, 0.15) is 0 Å². The Morgan fingerprint density at radius 3 is 2.55 bits per heavy atom. The molecule has 1 atom stereocenters. The predicted molar refractivity (Wildman–Crippen MR) is 86.9 cm³/mol. The molecule has 118 valence electrons. The highest BCUT2D eigenvalue weighted by Crippen LogP contribution is 2.38. The van der Waals surface area contributed by atoms with E-state index >= 15 is 0 Å². The van der Waals surface area contributed by atoms with E-state index in [9.17, 15) is 0 Å². The van der Waals surface area contributed by atoms with Gasteiger partial charge in [0.15, 0.2) is 0 Å². The van der Waals surface area contributed by atoms with Crippen LogP contribution >= 0.6 is 0 Å². The van der Waals surface area contributed by atoms with Crippen molar-refractivity contribution in [2.75, 3.05) is 32.7 Å². The molecule has 0 bridgehead atoms. The first-order valence-corrected chi connectivity index (χ1v) is 8.80. The predicted octanol–water partition coefficient (Wildman–Crippen LogP) is 2.70. The summed E-state index contributed by atoms with van der Waals surface area (Å²) >= 11 is 0. The van der Waals surface area contributed by atoms with Gasteiger partial charge in [0.05, 0.1) is 0 Å². The molecule has 0 aromatic carbocycles. The van der Waals surface area contributed by atoms with Crippen molar-refractivity contribution in [3.63, 3.8) is 0 Å². The lowest BCUT2D eigenvalue weighted by Crippen LogP contribution is -2.55. The Bertz CT molecular complexity index is 288. The fourth-order valence-corrected chi connectivity index (χ4v) is 3.75. The highest BCUT2D eigenvalue weighted by molar-refractivity contribution is 5.00. The van der Waals surface area contributed by atoms with E-state index in [1.807, 2.05) is 0 Å². The molecule has 3 nitrogen and oxygen atoms in total. The molecular weight excluding hydrogens is 246 g/mol. The van der Waals surface area contributed by atoms with Gasteiger partial charge in [-0.3, -0.25) is 4.90 Å². The lowest BCUT2D eigenvalue weighted by molar-refractivity contribution is 0.0646.